The standard InChI is InChI=1S/C12H24N2O/c1-3-8-13-12(15)9-14-11-7-5-6-10(11)4-2/h10-11,14H,3-9H2,1-2H3,(H,13,15). The molecule has 0 spiro atoms. The van der Waals surface area contributed by atoms with E-state index in [2.05, 4.69) is 24.5 Å². The van der Waals surface area contributed by atoms with Gasteiger partial charge in [-0.2, -0.15) is 0 Å². The first-order chi connectivity index (χ1) is 7.27. The zero-order valence-corrected chi connectivity index (χ0v) is 10.0. The summed E-state index contributed by atoms with van der Waals surface area (Å²) in [4.78, 5) is 11.4. The maximum Gasteiger partial charge on any atom is 0.233 e. The first kappa shape index (κ1) is 12.5. The van der Waals surface area contributed by atoms with Crippen LogP contribution in [0.3, 0.4) is 0 Å². The van der Waals surface area contributed by atoms with Crippen LogP contribution in [0.2, 0.25) is 0 Å². The van der Waals surface area contributed by atoms with Crippen LogP contribution >= 0.6 is 0 Å². The van der Waals surface area contributed by atoms with Gasteiger partial charge in [0, 0.05) is 12.6 Å². The number of hydrogen-bond acceptors (Lipinski definition) is 2. The Kier molecular flexibility index (Phi) is 5.69. The minimum Gasteiger partial charge on any atom is -0.355 e. The second-order valence-electron chi connectivity index (χ2n) is 4.44. The molecule has 1 amide bonds. The van der Waals surface area contributed by atoms with Crippen molar-refractivity contribution in [1.82, 2.24) is 10.6 Å². The second-order valence-corrected chi connectivity index (χ2v) is 4.44. The van der Waals surface area contributed by atoms with Crippen LogP contribution in [0.25, 0.3) is 0 Å². The molecule has 1 aliphatic rings. The first-order valence-electron chi connectivity index (χ1n) is 6.28. The fraction of sp³-hybridized carbons (Fsp3) is 0.917. The second kappa shape index (κ2) is 6.83. The normalized spacial score (nSPS) is 25.5. The van der Waals surface area contributed by atoms with Crippen LogP contribution in [0.15, 0.2) is 0 Å². The van der Waals surface area contributed by atoms with E-state index in [9.17, 15) is 4.79 Å². The average Bonchev–Trinajstić information content (AvgIpc) is 2.70. The zero-order valence-electron chi connectivity index (χ0n) is 10.0. The number of hydrogen-bond donors (Lipinski definition) is 2. The van der Waals surface area contributed by atoms with E-state index in [0.29, 0.717) is 12.6 Å². The third-order valence-corrected chi connectivity index (χ3v) is 3.28. The average molecular weight is 212 g/mol. The van der Waals surface area contributed by atoms with Crippen LogP contribution in [-0.2, 0) is 4.79 Å². The van der Waals surface area contributed by atoms with E-state index in [1.807, 2.05) is 0 Å². The minimum absolute atomic E-state index is 0.138. The summed E-state index contributed by atoms with van der Waals surface area (Å²) in [5.74, 6) is 0.919. The molecule has 1 fully saturated rings. The van der Waals surface area contributed by atoms with Crippen LogP contribution in [0.4, 0.5) is 0 Å². The topological polar surface area (TPSA) is 41.1 Å². The van der Waals surface area contributed by atoms with Gasteiger partial charge in [-0.25, -0.2) is 0 Å². The highest BCUT2D eigenvalue weighted by Crippen LogP contribution is 2.27. The smallest absolute Gasteiger partial charge is 0.233 e. The van der Waals surface area contributed by atoms with Gasteiger partial charge < -0.3 is 10.6 Å². The molecule has 0 aromatic rings. The molecule has 2 N–H and O–H groups in total. The van der Waals surface area contributed by atoms with Crippen LogP contribution in [0.5, 0.6) is 0 Å². The fourth-order valence-electron chi connectivity index (χ4n) is 2.34. The lowest BCUT2D eigenvalue weighted by Gasteiger charge is -2.19. The Hall–Kier alpha value is -0.570. The molecule has 1 aliphatic carbocycles. The molecular formula is C12H24N2O. The number of amides is 1. The molecule has 1 saturated carbocycles. The van der Waals surface area contributed by atoms with E-state index in [0.717, 1.165) is 18.9 Å². The molecule has 0 aromatic heterocycles. The van der Waals surface area contributed by atoms with Crippen molar-refractivity contribution in [3.8, 4) is 0 Å². The number of rotatable bonds is 6. The van der Waals surface area contributed by atoms with Crippen molar-refractivity contribution in [2.45, 2.75) is 52.0 Å². The largest absolute Gasteiger partial charge is 0.355 e. The highest BCUT2D eigenvalue weighted by atomic mass is 16.1. The molecule has 3 heteroatoms. The Balaban J connectivity index is 2.15. The van der Waals surface area contributed by atoms with Crippen molar-refractivity contribution in [2.75, 3.05) is 13.1 Å². The van der Waals surface area contributed by atoms with Gasteiger partial charge >= 0.3 is 0 Å². The van der Waals surface area contributed by atoms with Gasteiger partial charge in [0.1, 0.15) is 0 Å². The lowest BCUT2D eigenvalue weighted by Crippen LogP contribution is -2.40. The Labute approximate surface area is 93.0 Å². The molecule has 3 nitrogen and oxygen atoms in total. The van der Waals surface area contributed by atoms with E-state index in [1.165, 1.54) is 25.7 Å². The molecule has 2 atom stereocenters. The molecule has 0 radical (unpaired) electrons. The Morgan fingerprint density at radius 3 is 2.80 bits per heavy atom. The first-order valence-corrected chi connectivity index (χ1v) is 6.28. The quantitative estimate of drug-likeness (QED) is 0.703. The highest BCUT2D eigenvalue weighted by Gasteiger charge is 2.25. The van der Waals surface area contributed by atoms with Gasteiger partial charge in [0.2, 0.25) is 5.91 Å². The third-order valence-electron chi connectivity index (χ3n) is 3.28. The number of carbonyl (C=O) groups excluding carboxylic acids is 1. The van der Waals surface area contributed by atoms with Crippen molar-refractivity contribution in [3.05, 3.63) is 0 Å². The van der Waals surface area contributed by atoms with Crippen molar-refractivity contribution in [2.24, 2.45) is 5.92 Å². The lowest BCUT2D eigenvalue weighted by atomic mass is 10.0. The molecule has 0 aliphatic heterocycles. The summed E-state index contributed by atoms with van der Waals surface area (Å²) in [5, 5.41) is 6.27. The van der Waals surface area contributed by atoms with Crippen LogP contribution in [-0.4, -0.2) is 25.0 Å². The molecule has 1 rings (SSSR count). The van der Waals surface area contributed by atoms with Gasteiger partial charge in [-0.3, -0.25) is 4.79 Å². The molecule has 0 bridgehead atoms. The van der Waals surface area contributed by atoms with Crippen molar-refractivity contribution in [1.29, 1.82) is 0 Å². The maximum atomic E-state index is 11.4. The van der Waals surface area contributed by atoms with Gasteiger partial charge in [0.25, 0.3) is 0 Å². The summed E-state index contributed by atoms with van der Waals surface area (Å²) in [6, 6.07) is 0.572. The van der Waals surface area contributed by atoms with E-state index in [4.69, 9.17) is 0 Å². The van der Waals surface area contributed by atoms with E-state index >= 15 is 0 Å². The van der Waals surface area contributed by atoms with Gasteiger partial charge in [-0.1, -0.05) is 26.7 Å². The Bertz CT molecular complexity index is 194. The Morgan fingerprint density at radius 2 is 2.13 bits per heavy atom. The van der Waals surface area contributed by atoms with Crippen molar-refractivity contribution >= 4 is 5.91 Å². The van der Waals surface area contributed by atoms with E-state index < -0.39 is 0 Å². The minimum atomic E-state index is 0.138. The molecule has 0 heterocycles. The maximum absolute atomic E-state index is 11.4. The molecular weight excluding hydrogens is 188 g/mol. The molecule has 88 valence electrons. The van der Waals surface area contributed by atoms with Gasteiger partial charge in [0.05, 0.1) is 6.54 Å². The highest BCUT2D eigenvalue weighted by molar-refractivity contribution is 5.77. The summed E-state index contributed by atoms with van der Waals surface area (Å²) in [6.07, 6.45) is 6.11. The summed E-state index contributed by atoms with van der Waals surface area (Å²) in [5.41, 5.74) is 0. The monoisotopic (exact) mass is 212 g/mol. The predicted octanol–water partition coefficient (Wildman–Crippen LogP) is 1.68. The number of nitrogens with one attached hydrogen (secondary N) is 2. The molecule has 15 heavy (non-hydrogen) atoms. The van der Waals surface area contributed by atoms with Gasteiger partial charge in [-0.05, 0) is 25.2 Å². The van der Waals surface area contributed by atoms with Crippen molar-refractivity contribution < 1.29 is 4.79 Å². The summed E-state index contributed by atoms with van der Waals surface area (Å²) >= 11 is 0. The third kappa shape index (κ3) is 4.20. The van der Waals surface area contributed by atoms with Crippen LogP contribution < -0.4 is 10.6 Å². The molecule has 0 saturated heterocycles. The van der Waals surface area contributed by atoms with E-state index in [1.54, 1.807) is 0 Å². The summed E-state index contributed by atoms with van der Waals surface area (Å²) in [6.45, 7) is 5.59. The Morgan fingerprint density at radius 1 is 1.33 bits per heavy atom. The van der Waals surface area contributed by atoms with Crippen LogP contribution in [0.1, 0.15) is 46.0 Å². The zero-order chi connectivity index (χ0) is 11.1. The molecule has 0 aromatic carbocycles. The van der Waals surface area contributed by atoms with Gasteiger partial charge in [0.15, 0.2) is 0 Å². The van der Waals surface area contributed by atoms with E-state index in [-0.39, 0.29) is 5.91 Å². The SMILES string of the molecule is CCCNC(=O)CNC1CCCC1CC. The number of carbonyl (C=O) groups is 1. The lowest BCUT2D eigenvalue weighted by molar-refractivity contribution is -0.120. The van der Waals surface area contributed by atoms with Crippen LogP contribution in [0, 0.1) is 5.92 Å². The van der Waals surface area contributed by atoms with Crippen molar-refractivity contribution in [3.63, 3.8) is 0 Å². The summed E-state index contributed by atoms with van der Waals surface area (Å²) < 4.78 is 0. The fourth-order valence-corrected chi connectivity index (χ4v) is 2.34. The predicted molar refractivity (Wildman–Crippen MR) is 62.7 cm³/mol. The summed E-state index contributed by atoms with van der Waals surface area (Å²) in [7, 11) is 0. The van der Waals surface area contributed by atoms with Gasteiger partial charge in [-0.15, -0.1) is 0 Å². The molecule has 2 unspecified atom stereocenters.